The molecule has 0 saturated heterocycles. The Bertz CT molecular complexity index is 441. The van der Waals surface area contributed by atoms with Crippen molar-refractivity contribution in [2.75, 3.05) is 20.7 Å². The van der Waals surface area contributed by atoms with Crippen LogP contribution in [0.2, 0.25) is 0 Å². The molecule has 2 rings (SSSR count). The zero-order valence-electron chi connectivity index (χ0n) is 13.4. The summed E-state index contributed by atoms with van der Waals surface area (Å²) in [7, 11) is 3.59. The molecule has 0 aliphatic heterocycles. The standard InChI is InChI=1S/C18H28FNO/c1-20-13-12-18(9-4-3-5-10-18)11-8-15-6-7-16(21-2)14-17(15)19/h6-7,14,20H,3-5,8-13H2,1-2H3. The van der Waals surface area contributed by atoms with E-state index in [-0.39, 0.29) is 5.82 Å². The van der Waals surface area contributed by atoms with Crippen molar-refractivity contribution in [2.24, 2.45) is 5.41 Å². The number of nitrogens with one attached hydrogen (secondary N) is 1. The lowest BCUT2D eigenvalue weighted by Gasteiger charge is -2.38. The first-order valence-electron chi connectivity index (χ1n) is 8.16. The molecule has 118 valence electrons. The Labute approximate surface area is 128 Å². The molecule has 1 aliphatic rings. The molecule has 0 radical (unpaired) electrons. The number of aryl methyl sites for hydroxylation is 1. The Kier molecular flexibility index (Phi) is 6.04. The Morgan fingerprint density at radius 2 is 1.95 bits per heavy atom. The number of ether oxygens (including phenoxy) is 1. The molecule has 1 N–H and O–H groups in total. The van der Waals surface area contributed by atoms with Gasteiger partial charge in [-0.3, -0.25) is 0 Å². The van der Waals surface area contributed by atoms with Crippen LogP contribution in [-0.4, -0.2) is 20.7 Å². The van der Waals surface area contributed by atoms with Gasteiger partial charge >= 0.3 is 0 Å². The van der Waals surface area contributed by atoms with Gasteiger partial charge in [-0.25, -0.2) is 4.39 Å². The van der Waals surface area contributed by atoms with Crippen molar-refractivity contribution in [3.63, 3.8) is 0 Å². The molecule has 1 saturated carbocycles. The molecule has 1 aromatic carbocycles. The van der Waals surface area contributed by atoms with Crippen LogP contribution >= 0.6 is 0 Å². The average molecular weight is 293 g/mol. The summed E-state index contributed by atoms with van der Waals surface area (Å²) < 4.78 is 19.1. The van der Waals surface area contributed by atoms with Crippen LogP contribution < -0.4 is 10.1 Å². The fourth-order valence-electron chi connectivity index (χ4n) is 3.57. The smallest absolute Gasteiger partial charge is 0.130 e. The van der Waals surface area contributed by atoms with E-state index in [2.05, 4.69) is 5.32 Å². The molecule has 3 heteroatoms. The van der Waals surface area contributed by atoms with E-state index in [0.717, 1.165) is 24.9 Å². The number of benzene rings is 1. The fourth-order valence-corrected chi connectivity index (χ4v) is 3.57. The van der Waals surface area contributed by atoms with Gasteiger partial charge in [-0.15, -0.1) is 0 Å². The quantitative estimate of drug-likeness (QED) is 0.808. The summed E-state index contributed by atoms with van der Waals surface area (Å²) >= 11 is 0. The number of halogens is 1. The van der Waals surface area contributed by atoms with Crippen LogP contribution in [0.15, 0.2) is 18.2 Å². The maximum Gasteiger partial charge on any atom is 0.130 e. The van der Waals surface area contributed by atoms with Crippen molar-refractivity contribution in [1.29, 1.82) is 0 Å². The van der Waals surface area contributed by atoms with Crippen LogP contribution in [0.4, 0.5) is 4.39 Å². The third-order valence-corrected chi connectivity index (χ3v) is 5.00. The molecule has 0 amide bonds. The summed E-state index contributed by atoms with van der Waals surface area (Å²) in [6.45, 7) is 1.06. The van der Waals surface area contributed by atoms with E-state index in [1.165, 1.54) is 44.6 Å². The average Bonchev–Trinajstić information content (AvgIpc) is 2.53. The first-order chi connectivity index (χ1) is 10.2. The normalized spacial score (nSPS) is 17.7. The molecule has 0 bridgehead atoms. The van der Waals surface area contributed by atoms with E-state index in [1.54, 1.807) is 7.11 Å². The molecule has 2 nitrogen and oxygen atoms in total. The minimum Gasteiger partial charge on any atom is -0.497 e. The Balaban J connectivity index is 2.00. The lowest BCUT2D eigenvalue weighted by molar-refractivity contribution is 0.157. The maximum atomic E-state index is 14.1. The van der Waals surface area contributed by atoms with E-state index in [9.17, 15) is 4.39 Å². The highest BCUT2D eigenvalue weighted by Crippen LogP contribution is 2.43. The molecule has 0 atom stereocenters. The Hall–Kier alpha value is -1.09. The van der Waals surface area contributed by atoms with Crippen molar-refractivity contribution in [1.82, 2.24) is 5.32 Å². The van der Waals surface area contributed by atoms with Gasteiger partial charge in [-0.1, -0.05) is 25.3 Å². The zero-order valence-corrected chi connectivity index (χ0v) is 13.4. The van der Waals surface area contributed by atoms with Crippen LogP contribution in [0.25, 0.3) is 0 Å². The molecule has 1 aromatic rings. The van der Waals surface area contributed by atoms with Gasteiger partial charge in [0.2, 0.25) is 0 Å². The number of rotatable bonds is 7. The molecule has 1 aliphatic carbocycles. The summed E-state index contributed by atoms with van der Waals surface area (Å²) in [6, 6.07) is 5.23. The minimum atomic E-state index is -0.131. The van der Waals surface area contributed by atoms with Gasteiger partial charge in [0, 0.05) is 6.07 Å². The summed E-state index contributed by atoms with van der Waals surface area (Å²) in [5, 5.41) is 3.27. The predicted molar refractivity (Wildman–Crippen MR) is 85.3 cm³/mol. The summed E-state index contributed by atoms with van der Waals surface area (Å²) in [5.41, 5.74) is 1.23. The van der Waals surface area contributed by atoms with E-state index in [4.69, 9.17) is 4.74 Å². The predicted octanol–water partition coefficient (Wildman–Crippen LogP) is 4.33. The van der Waals surface area contributed by atoms with Crippen LogP contribution in [0.1, 0.15) is 50.5 Å². The lowest BCUT2D eigenvalue weighted by Crippen LogP contribution is -2.29. The molecule has 21 heavy (non-hydrogen) atoms. The van der Waals surface area contributed by atoms with Crippen LogP contribution in [-0.2, 0) is 6.42 Å². The topological polar surface area (TPSA) is 21.3 Å². The third-order valence-electron chi connectivity index (χ3n) is 5.00. The van der Waals surface area contributed by atoms with Gasteiger partial charge in [-0.2, -0.15) is 0 Å². The van der Waals surface area contributed by atoms with Crippen molar-refractivity contribution >= 4 is 0 Å². The number of methoxy groups -OCH3 is 1. The number of hydrogen-bond acceptors (Lipinski definition) is 2. The summed E-state index contributed by atoms with van der Waals surface area (Å²) in [5.74, 6) is 0.465. The first kappa shape index (κ1) is 16.3. The number of hydrogen-bond donors (Lipinski definition) is 1. The van der Waals surface area contributed by atoms with E-state index >= 15 is 0 Å². The lowest BCUT2D eigenvalue weighted by atomic mass is 9.68. The second-order valence-corrected chi connectivity index (χ2v) is 6.37. The van der Waals surface area contributed by atoms with Crippen LogP contribution in [0, 0.1) is 11.2 Å². The molecule has 0 spiro atoms. The summed E-state index contributed by atoms with van der Waals surface area (Å²) in [6.07, 6.45) is 9.75. The van der Waals surface area contributed by atoms with Gasteiger partial charge in [0.25, 0.3) is 0 Å². The highest BCUT2D eigenvalue weighted by Gasteiger charge is 2.31. The molecular weight excluding hydrogens is 265 g/mol. The molecular formula is C18H28FNO. The second kappa shape index (κ2) is 7.79. The van der Waals surface area contributed by atoms with Crippen LogP contribution in [0.3, 0.4) is 0 Å². The summed E-state index contributed by atoms with van der Waals surface area (Å²) in [4.78, 5) is 0. The van der Waals surface area contributed by atoms with Crippen molar-refractivity contribution in [2.45, 2.75) is 51.4 Å². The fraction of sp³-hybridized carbons (Fsp3) is 0.667. The van der Waals surface area contributed by atoms with Crippen molar-refractivity contribution in [3.8, 4) is 5.75 Å². The van der Waals surface area contributed by atoms with E-state index in [0.29, 0.717) is 11.2 Å². The molecule has 0 heterocycles. The van der Waals surface area contributed by atoms with Gasteiger partial charge in [0.05, 0.1) is 7.11 Å². The van der Waals surface area contributed by atoms with Crippen molar-refractivity contribution in [3.05, 3.63) is 29.6 Å². The highest BCUT2D eigenvalue weighted by molar-refractivity contribution is 5.29. The van der Waals surface area contributed by atoms with Crippen LogP contribution in [0.5, 0.6) is 5.75 Å². The van der Waals surface area contributed by atoms with Crippen molar-refractivity contribution < 1.29 is 9.13 Å². The van der Waals surface area contributed by atoms with Gasteiger partial charge in [0.15, 0.2) is 0 Å². The first-order valence-corrected chi connectivity index (χ1v) is 8.16. The highest BCUT2D eigenvalue weighted by atomic mass is 19.1. The van der Waals surface area contributed by atoms with E-state index in [1.807, 2.05) is 19.2 Å². The Morgan fingerprint density at radius 3 is 2.57 bits per heavy atom. The molecule has 0 unspecified atom stereocenters. The Morgan fingerprint density at radius 1 is 1.19 bits per heavy atom. The van der Waals surface area contributed by atoms with Gasteiger partial charge in [0.1, 0.15) is 11.6 Å². The SMILES string of the molecule is CNCCC1(CCc2ccc(OC)cc2F)CCCCC1. The molecule has 0 aromatic heterocycles. The van der Waals surface area contributed by atoms with E-state index < -0.39 is 0 Å². The van der Waals surface area contributed by atoms with Gasteiger partial charge < -0.3 is 10.1 Å². The monoisotopic (exact) mass is 293 g/mol. The zero-order chi connectivity index (χ0) is 15.1. The second-order valence-electron chi connectivity index (χ2n) is 6.37. The maximum absolute atomic E-state index is 14.1. The third kappa shape index (κ3) is 4.44. The van der Waals surface area contributed by atoms with Gasteiger partial charge in [-0.05, 0) is 62.7 Å². The largest absolute Gasteiger partial charge is 0.497 e. The minimum absolute atomic E-state index is 0.131. The molecule has 1 fully saturated rings.